The number of halogens is 1. The van der Waals surface area contributed by atoms with Crippen molar-refractivity contribution in [2.75, 3.05) is 11.9 Å². The molecule has 0 saturated carbocycles. The second-order valence-corrected chi connectivity index (χ2v) is 6.40. The molecule has 0 aromatic carbocycles. The number of likely N-dealkylation sites (tertiary alicyclic amines) is 1. The van der Waals surface area contributed by atoms with Gasteiger partial charge >= 0.3 is 12.0 Å². The Morgan fingerprint density at radius 2 is 2.44 bits per heavy atom. The van der Waals surface area contributed by atoms with E-state index in [0.29, 0.717) is 11.7 Å². The van der Waals surface area contributed by atoms with Crippen molar-refractivity contribution in [1.29, 1.82) is 0 Å². The van der Waals surface area contributed by atoms with E-state index in [1.807, 2.05) is 0 Å². The zero-order valence-electron chi connectivity index (χ0n) is 9.43. The summed E-state index contributed by atoms with van der Waals surface area (Å²) < 4.78 is 0.835. The van der Waals surface area contributed by atoms with Gasteiger partial charge in [0.15, 0.2) is 5.13 Å². The number of carbonyl (C=O) groups is 2. The zero-order valence-corrected chi connectivity index (χ0v) is 11.8. The number of hydrogen-bond acceptors (Lipinski definition) is 4. The van der Waals surface area contributed by atoms with Crippen molar-refractivity contribution < 1.29 is 14.7 Å². The van der Waals surface area contributed by atoms with Crippen LogP contribution in [0.15, 0.2) is 9.98 Å². The number of hydrogen-bond donors (Lipinski definition) is 2. The van der Waals surface area contributed by atoms with Crippen molar-refractivity contribution >= 4 is 44.4 Å². The normalized spacial score (nSPS) is 18.9. The summed E-state index contributed by atoms with van der Waals surface area (Å²) in [6.07, 6.45) is 3.18. The van der Waals surface area contributed by atoms with Gasteiger partial charge in [-0.3, -0.25) is 10.1 Å². The molecule has 0 bridgehead atoms. The van der Waals surface area contributed by atoms with E-state index in [-0.39, 0.29) is 18.5 Å². The Bertz CT molecular complexity index is 465. The first-order valence-corrected chi connectivity index (χ1v) is 7.08. The van der Waals surface area contributed by atoms with Gasteiger partial charge in [-0.15, -0.1) is 0 Å². The molecule has 1 aliphatic rings. The maximum Gasteiger partial charge on any atom is 0.323 e. The lowest BCUT2D eigenvalue weighted by Gasteiger charge is -2.23. The van der Waals surface area contributed by atoms with Crippen LogP contribution < -0.4 is 5.32 Å². The molecule has 2 heterocycles. The number of nitrogens with one attached hydrogen (secondary N) is 1. The highest BCUT2D eigenvalue weighted by atomic mass is 79.9. The van der Waals surface area contributed by atoms with Crippen LogP contribution in [-0.2, 0) is 4.79 Å². The van der Waals surface area contributed by atoms with E-state index in [9.17, 15) is 9.59 Å². The van der Waals surface area contributed by atoms with Crippen molar-refractivity contribution in [3.05, 3.63) is 9.98 Å². The van der Waals surface area contributed by atoms with E-state index in [2.05, 4.69) is 26.2 Å². The molecule has 1 aromatic rings. The molecule has 1 unspecified atom stereocenters. The summed E-state index contributed by atoms with van der Waals surface area (Å²) in [6.45, 7) is 0.594. The summed E-state index contributed by atoms with van der Waals surface area (Å²) in [7, 11) is 0. The number of amides is 2. The number of carboxylic acid groups (broad SMARTS) is 1. The Kier molecular flexibility index (Phi) is 4.18. The second kappa shape index (κ2) is 5.66. The van der Waals surface area contributed by atoms with Crippen LogP contribution in [0.3, 0.4) is 0 Å². The lowest BCUT2D eigenvalue weighted by molar-refractivity contribution is -0.137. The third kappa shape index (κ3) is 3.20. The molecule has 1 fully saturated rings. The average Bonchev–Trinajstić information content (AvgIpc) is 2.87. The Balaban J connectivity index is 1.97. The van der Waals surface area contributed by atoms with Crippen LogP contribution in [-0.4, -0.2) is 39.6 Å². The Morgan fingerprint density at radius 3 is 3.06 bits per heavy atom. The predicted molar refractivity (Wildman–Crippen MR) is 70.8 cm³/mol. The highest BCUT2D eigenvalue weighted by molar-refractivity contribution is 9.11. The van der Waals surface area contributed by atoms with Crippen LogP contribution in [0.2, 0.25) is 0 Å². The van der Waals surface area contributed by atoms with Crippen LogP contribution >= 0.6 is 27.3 Å². The number of urea groups is 1. The average molecular weight is 334 g/mol. The summed E-state index contributed by atoms with van der Waals surface area (Å²) in [5.74, 6) is -0.878. The third-order valence-corrected chi connectivity index (χ3v) is 4.13. The van der Waals surface area contributed by atoms with Crippen molar-refractivity contribution in [3.8, 4) is 0 Å². The minimum Gasteiger partial charge on any atom is -0.481 e. The highest BCUT2D eigenvalue weighted by Gasteiger charge is 2.30. The fourth-order valence-corrected chi connectivity index (χ4v) is 3.09. The zero-order chi connectivity index (χ0) is 13.1. The first-order valence-electron chi connectivity index (χ1n) is 5.47. The minimum atomic E-state index is -0.878. The van der Waals surface area contributed by atoms with Crippen LogP contribution in [0.4, 0.5) is 9.93 Å². The summed E-state index contributed by atoms with van der Waals surface area (Å²) in [5, 5.41) is 12.0. The topological polar surface area (TPSA) is 82.5 Å². The van der Waals surface area contributed by atoms with Gasteiger partial charge in [0.1, 0.15) is 0 Å². The maximum atomic E-state index is 12.0. The van der Waals surface area contributed by atoms with E-state index >= 15 is 0 Å². The van der Waals surface area contributed by atoms with Gasteiger partial charge in [0.05, 0.1) is 16.4 Å². The molecule has 1 atom stereocenters. The van der Waals surface area contributed by atoms with E-state index in [1.165, 1.54) is 11.3 Å². The fourth-order valence-electron chi connectivity index (χ4n) is 1.99. The number of thiazole rings is 1. The standard InChI is InChI=1S/C10H12BrN3O3S/c11-7-5-12-9(18-7)13-10(17)14-3-1-2-6(14)4-8(15)16/h5-6H,1-4H2,(H,15,16)(H,12,13,17). The Labute approximate surface area is 116 Å². The monoisotopic (exact) mass is 333 g/mol. The van der Waals surface area contributed by atoms with E-state index < -0.39 is 5.97 Å². The molecule has 8 heteroatoms. The van der Waals surface area contributed by atoms with E-state index in [0.717, 1.165) is 16.6 Å². The lowest BCUT2D eigenvalue weighted by Crippen LogP contribution is -2.39. The first-order chi connectivity index (χ1) is 8.56. The van der Waals surface area contributed by atoms with Gasteiger partial charge in [-0.25, -0.2) is 9.78 Å². The molecule has 0 radical (unpaired) electrons. The number of anilines is 1. The van der Waals surface area contributed by atoms with Crippen molar-refractivity contribution in [2.24, 2.45) is 0 Å². The molecule has 1 aromatic heterocycles. The molecule has 1 saturated heterocycles. The molecule has 2 rings (SSSR count). The molecule has 0 spiro atoms. The van der Waals surface area contributed by atoms with Crippen LogP contribution in [0.1, 0.15) is 19.3 Å². The van der Waals surface area contributed by atoms with Crippen LogP contribution in [0.5, 0.6) is 0 Å². The summed E-state index contributed by atoms with van der Waals surface area (Å²) >= 11 is 4.58. The van der Waals surface area contributed by atoms with Crippen molar-refractivity contribution in [1.82, 2.24) is 9.88 Å². The number of carbonyl (C=O) groups excluding carboxylic acids is 1. The number of rotatable bonds is 3. The molecule has 2 N–H and O–H groups in total. The molecule has 1 aliphatic heterocycles. The SMILES string of the molecule is O=C(O)CC1CCCN1C(=O)Nc1ncc(Br)s1. The molecule has 0 aliphatic carbocycles. The molecule has 18 heavy (non-hydrogen) atoms. The predicted octanol–water partition coefficient (Wildman–Crippen LogP) is 2.38. The number of carboxylic acids is 1. The van der Waals surface area contributed by atoms with Gasteiger partial charge < -0.3 is 10.0 Å². The molecular formula is C10H12BrN3O3S. The lowest BCUT2D eigenvalue weighted by atomic mass is 10.1. The van der Waals surface area contributed by atoms with Gasteiger partial charge in [-0.1, -0.05) is 11.3 Å². The minimum absolute atomic E-state index is 0.00498. The summed E-state index contributed by atoms with van der Waals surface area (Å²) in [4.78, 5) is 28.3. The number of aliphatic carboxylic acids is 1. The van der Waals surface area contributed by atoms with Crippen molar-refractivity contribution in [3.63, 3.8) is 0 Å². The van der Waals surface area contributed by atoms with Gasteiger partial charge in [0.2, 0.25) is 0 Å². The fraction of sp³-hybridized carbons (Fsp3) is 0.500. The second-order valence-electron chi connectivity index (χ2n) is 3.99. The quantitative estimate of drug-likeness (QED) is 0.889. The Hall–Kier alpha value is -1.15. The van der Waals surface area contributed by atoms with Crippen molar-refractivity contribution in [2.45, 2.75) is 25.3 Å². The summed E-state index contributed by atoms with van der Waals surface area (Å²) in [6, 6.07) is -0.494. The number of aromatic nitrogens is 1. The van der Waals surface area contributed by atoms with Gasteiger partial charge in [-0.2, -0.15) is 0 Å². The molecular weight excluding hydrogens is 322 g/mol. The third-order valence-electron chi connectivity index (χ3n) is 2.74. The van der Waals surface area contributed by atoms with Crippen LogP contribution in [0, 0.1) is 0 Å². The van der Waals surface area contributed by atoms with E-state index in [1.54, 1.807) is 11.1 Å². The number of nitrogens with zero attached hydrogens (tertiary/aromatic N) is 2. The van der Waals surface area contributed by atoms with E-state index in [4.69, 9.17) is 5.11 Å². The smallest absolute Gasteiger partial charge is 0.323 e. The maximum absolute atomic E-state index is 12.0. The highest BCUT2D eigenvalue weighted by Crippen LogP contribution is 2.25. The molecule has 98 valence electrons. The largest absolute Gasteiger partial charge is 0.481 e. The van der Waals surface area contributed by atoms with Gasteiger partial charge in [0.25, 0.3) is 0 Å². The molecule has 2 amide bonds. The van der Waals surface area contributed by atoms with Gasteiger partial charge in [-0.05, 0) is 28.8 Å². The summed E-state index contributed by atoms with van der Waals surface area (Å²) in [5.41, 5.74) is 0. The molecule has 6 nitrogen and oxygen atoms in total. The Morgan fingerprint density at radius 1 is 1.67 bits per heavy atom. The van der Waals surface area contributed by atoms with Gasteiger partial charge in [0, 0.05) is 12.6 Å². The first kappa shape index (κ1) is 13.3. The van der Waals surface area contributed by atoms with Crippen LogP contribution in [0.25, 0.3) is 0 Å².